The first-order chi connectivity index (χ1) is 14.3. The Morgan fingerprint density at radius 3 is 2.41 bits per heavy atom. The van der Waals surface area contributed by atoms with Gasteiger partial charge in [-0.15, -0.1) is 0 Å². The highest BCUT2D eigenvalue weighted by atomic mass is 15.3. The van der Waals surface area contributed by atoms with Crippen molar-refractivity contribution in [3.63, 3.8) is 0 Å². The van der Waals surface area contributed by atoms with Crippen molar-refractivity contribution in [3.05, 3.63) is 78.1 Å². The Morgan fingerprint density at radius 1 is 0.862 bits per heavy atom. The summed E-state index contributed by atoms with van der Waals surface area (Å²) in [6.07, 6.45) is 2.78. The molecular weight excluding hydrogens is 358 g/mol. The van der Waals surface area contributed by atoms with Crippen molar-refractivity contribution < 1.29 is 0 Å². The summed E-state index contributed by atoms with van der Waals surface area (Å²) < 4.78 is 0. The first-order valence-corrected chi connectivity index (χ1v) is 10.5. The first kappa shape index (κ1) is 18.1. The third-order valence-electron chi connectivity index (χ3n) is 6.04. The molecular formula is C24H27N5. The molecule has 3 aromatic rings. The fraction of sp³-hybridized carbons (Fsp3) is 0.333. The molecule has 1 unspecified atom stereocenters. The zero-order valence-corrected chi connectivity index (χ0v) is 16.9. The van der Waals surface area contributed by atoms with Gasteiger partial charge in [-0.3, -0.25) is 4.90 Å². The van der Waals surface area contributed by atoms with Crippen LogP contribution in [0.2, 0.25) is 0 Å². The van der Waals surface area contributed by atoms with Gasteiger partial charge in [0.15, 0.2) is 0 Å². The maximum Gasteiger partial charge on any atom is 0.138 e. The fourth-order valence-electron chi connectivity index (χ4n) is 4.53. The highest BCUT2D eigenvalue weighted by molar-refractivity contribution is 5.70. The van der Waals surface area contributed by atoms with Crippen LogP contribution in [0, 0.1) is 0 Å². The Bertz CT molecular complexity index is 966. The van der Waals surface area contributed by atoms with Crippen molar-refractivity contribution in [2.24, 2.45) is 0 Å². The number of nitrogens with zero attached hydrogens (tertiary/aromatic N) is 5. The predicted molar refractivity (Wildman–Crippen MR) is 118 cm³/mol. The molecule has 1 atom stereocenters. The molecule has 1 aromatic heterocycles. The van der Waals surface area contributed by atoms with Crippen molar-refractivity contribution >= 4 is 17.3 Å². The number of fused-ring (bicyclic) bond motifs is 1. The zero-order chi connectivity index (χ0) is 19.6. The van der Waals surface area contributed by atoms with Crippen LogP contribution in [0.3, 0.4) is 0 Å². The van der Waals surface area contributed by atoms with Crippen LogP contribution in [0.4, 0.5) is 17.3 Å². The number of aromatic nitrogens is 2. The van der Waals surface area contributed by atoms with Gasteiger partial charge in [-0.2, -0.15) is 0 Å². The lowest BCUT2D eigenvalue weighted by atomic mass is 10.1. The summed E-state index contributed by atoms with van der Waals surface area (Å²) in [5.74, 6) is 2.03. The van der Waals surface area contributed by atoms with Crippen LogP contribution in [0.5, 0.6) is 0 Å². The third kappa shape index (κ3) is 3.70. The second-order valence-electron chi connectivity index (χ2n) is 8.04. The quantitative estimate of drug-likeness (QED) is 0.681. The molecule has 0 saturated carbocycles. The maximum absolute atomic E-state index is 4.61. The molecule has 3 heterocycles. The van der Waals surface area contributed by atoms with Gasteiger partial charge in [-0.05, 0) is 30.5 Å². The van der Waals surface area contributed by atoms with Crippen LogP contribution in [-0.2, 0) is 13.0 Å². The molecule has 2 aromatic carbocycles. The van der Waals surface area contributed by atoms with Crippen LogP contribution in [0.25, 0.3) is 0 Å². The van der Waals surface area contributed by atoms with Gasteiger partial charge in [0.25, 0.3) is 0 Å². The second kappa shape index (κ2) is 7.84. The van der Waals surface area contributed by atoms with E-state index in [0.717, 1.165) is 50.8 Å². The van der Waals surface area contributed by atoms with E-state index in [4.69, 9.17) is 0 Å². The van der Waals surface area contributed by atoms with E-state index in [-0.39, 0.29) is 0 Å². The minimum Gasteiger partial charge on any atom is -0.354 e. The normalized spacial score (nSPS) is 19.4. The average molecular weight is 386 g/mol. The summed E-state index contributed by atoms with van der Waals surface area (Å²) in [5.41, 5.74) is 4.05. The molecule has 2 aliphatic rings. The van der Waals surface area contributed by atoms with E-state index in [1.54, 1.807) is 6.33 Å². The lowest BCUT2D eigenvalue weighted by molar-refractivity contribution is 0.249. The van der Waals surface area contributed by atoms with Gasteiger partial charge in [0, 0.05) is 50.5 Å². The van der Waals surface area contributed by atoms with Crippen molar-refractivity contribution in [2.75, 3.05) is 36.0 Å². The van der Waals surface area contributed by atoms with Gasteiger partial charge >= 0.3 is 0 Å². The highest BCUT2D eigenvalue weighted by Crippen LogP contribution is 2.37. The smallest absolute Gasteiger partial charge is 0.138 e. The highest BCUT2D eigenvalue weighted by Gasteiger charge is 2.28. The summed E-state index contributed by atoms with van der Waals surface area (Å²) >= 11 is 0. The van der Waals surface area contributed by atoms with Gasteiger partial charge in [0.2, 0.25) is 0 Å². The van der Waals surface area contributed by atoms with Gasteiger partial charge in [0.1, 0.15) is 18.0 Å². The molecule has 0 aliphatic carbocycles. The van der Waals surface area contributed by atoms with Crippen LogP contribution < -0.4 is 9.80 Å². The summed E-state index contributed by atoms with van der Waals surface area (Å²) in [7, 11) is 0. The van der Waals surface area contributed by atoms with Crippen molar-refractivity contribution in [3.8, 4) is 0 Å². The molecule has 1 fully saturated rings. The lowest BCUT2D eigenvalue weighted by Crippen LogP contribution is -2.46. The molecule has 1 saturated heterocycles. The minimum absolute atomic E-state index is 0.415. The van der Waals surface area contributed by atoms with Gasteiger partial charge in [-0.1, -0.05) is 48.5 Å². The summed E-state index contributed by atoms with van der Waals surface area (Å²) in [5, 5.41) is 0. The van der Waals surface area contributed by atoms with E-state index < -0.39 is 0 Å². The molecule has 5 nitrogen and oxygen atoms in total. The van der Waals surface area contributed by atoms with E-state index >= 15 is 0 Å². The number of benzene rings is 2. The Labute approximate surface area is 172 Å². The van der Waals surface area contributed by atoms with Gasteiger partial charge in [0.05, 0.1) is 0 Å². The molecule has 2 aliphatic heterocycles. The Kier molecular flexibility index (Phi) is 4.90. The van der Waals surface area contributed by atoms with Crippen LogP contribution >= 0.6 is 0 Å². The van der Waals surface area contributed by atoms with E-state index in [1.807, 2.05) is 0 Å². The number of rotatable bonds is 4. The lowest BCUT2D eigenvalue weighted by Gasteiger charge is -2.35. The Balaban J connectivity index is 1.29. The van der Waals surface area contributed by atoms with Crippen molar-refractivity contribution in [1.82, 2.24) is 14.9 Å². The van der Waals surface area contributed by atoms with Gasteiger partial charge < -0.3 is 9.80 Å². The van der Waals surface area contributed by atoms with E-state index in [1.165, 1.54) is 16.8 Å². The molecule has 29 heavy (non-hydrogen) atoms. The van der Waals surface area contributed by atoms with Crippen LogP contribution in [0.1, 0.15) is 18.1 Å². The summed E-state index contributed by atoms with van der Waals surface area (Å²) in [6, 6.07) is 21.9. The average Bonchev–Trinajstić information content (AvgIpc) is 3.11. The molecule has 0 amide bonds. The Hall–Kier alpha value is -2.92. The van der Waals surface area contributed by atoms with E-state index in [9.17, 15) is 0 Å². The second-order valence-corrected chi connectivity index (χ2v) is 8.04. The topological polar surface area (TPSA) is 35.5 Å². The van der Waals surface area contributed by atoms with Crippen LogP contribution in [0.15, 0.2) is 67.0 Å². The standard InChI is InChI=1S/C24H27N5/c1-19-15-21-9-5-6-10-22(21)29(19)24-16-23(25-18-26-24)28-13-11-27(12-14-28)17-20-7-3-2-4-8-20/h2-10,16,18-19H,11-15,17H2,1H3. The molecule has 0 spiro atoms. The number of anilines is 3. The molecule has 0 bridgehead atoms. The monoisotopic (exact) mass is 385 g/mol. The zero-order valence-electron chi connectivity index (χ0n) is 16.9. The SMILES string of the molecule is CC1Cc2ccccc2N1c1cc(N2CCN(Cc3ccccc3)CC2)ncn1. The fourth-order valence-corrected chi connectivity index (χ4v) is 4.53. The number of piperazine rings is 1. The van der Waals surface area contributed by atoms with E-state index in [2.05, 4.69) is 92.3 Å². The Morgan fingerprint density at radius 2 is 1.59 bits per heavy atom. The number of para-hydroxylation sites is 1. The maximum atomic E-state index is 4.61. The van der Waals surface area contributed by atoms with E-state index in [0.29, 0.717) is 6.04 Å². The summed E-state index contributed by atoms with van der Waals surface area (Å²) in [6.45, 7) is 7.38. The third-order valence-corrected chi connectivity index (χ3v) is 6.04. The molecule has 148 valence electrons. The minimum atomic E-state index is 0.415. The van der Waals surface area contributed by atoms with Gasteiger partial charge in [-0.25, -0.2) is 9.97 Å². The number of hydrogen-bond donors (Lipinski definition) is 0. The van der Waals surface area contributed by atoms with Crippen LogP contribution in [-0.4, -0.2) is 47.1 Å². The molecule has 5 heteroatoms. The largest absolute Gasteiger partial charge is 0.354 e. The summed E-state index contributed by atoms with van der Waals surface area (Å²) in [4.78, 5) is 16.5. The first-order valence-electron chi connectivity index (χ1n) is 10.5. The predicted octanol–water partition coefficient (Wildman–Crippen LogP) is 3.88. The van der Waals surface area contributed by atoms with Crippen molar-refractivity contribution in [2.45, 2.75) is 25.9 Å². The van der Waals surface area contributed by atoms with Crippen molar-refractivity contribution in [1.29, 1.82) is 0 Å². The molecule has 0 N–H and O–H groups in total. The molecule has 0 radical (unpaired) electrons. The number of hydrogen-bond acceptors (Lipinski definition) is 5. The molecule has 5 rings (SSSR count).